The molecule has 13 N–H and O–H groups in total. The number of hydrogen-bond acceptors (Lipinski definition) is 17. The number of nitrogens with one attached hydrogen (secondary N) is 1. The number of unbranched alkanes of at least 4 members (excludes halogenated alkanes) is 13. The third kappa shape index (κ3) is 13.5. The summed E-state index contributed by atoms with van der Waals surface area (Å²) in [6.07, 6.45) is -8.00. The Morgan fingerprint density at radius 2 is 0.963 bits per heavy atom. The second-order valence-electron chi connectivity index (χ2n) is 14.9. The smallest absolute Gasteiger partial charge is 0.238 e. The molecule has 54 heavy (non-hydrogen) atoms. The van der Waals surface area contributed by atoms with Crippen molar-refractivity contribution < 1.29 is 79.5 Å². The van der Waals surface area contributed by atoms with Crippen molar-refractivity contribution >= 4 is 5.91 Å². The Labute approximate surface area is 317 Å². The van der Waals surface area contributed by atoms with Gasteiger partial charge in [0.1, 0.15) is 73.2 Å². The third-order valence-electron chi connectivity index (χ3n) is 10.6. The molecule has 3 aliphatic rings. The quantitative estimate of drug-likeness (QED) is 0.0460. The highest BCUT2D eigenvalue weighted by atomic mass is 16.7. The Kier molecular flexibility index (Phi) is 21.5. The maximum absolute atomic E-state index is 12.9. The second-order valence-corrected chi connectivity index (χ2v) is 14.9. The topological polar surface area (TPSA) is 304 Å². The molecule has 3 fully saturated rings. The van der Waals surface area contributed by atoms with Crippen molar-refractivity contribution in [3.63, 3.8) is 0 Å². The minimum atomic E-state index is -1.95. The van der Waals surface area contributed by atoms with Gasteiger partial charge in [0.25, 0.3) is 0 Å². The molecule has 3 rings (SSSR count). The van der Waals surface area contributed by atoms with E-state index in [1.54, 1.807) is 0 Å². The van der Waals surface area contributed by atoms with Crippen molar-refractivity contribution in [2.24, 2.45) is 5.73 Å². The van der Waals surface area contributed by atoms with Gasteiger partial charge < -0.3 is 85.8 Å². The zero-order chi connectivity index (χ0) is 39.8. The Balaban J connectivity index is 1.42. The zero-order valence-electron chi connectivity index (χ0n) is 31.5. The molecule has 1 amide bonds. The number of carbonyl (C=O) groups excluding carboxylic acids is 1. The number of aliphatic hydroxyl groups is 10. The Hall–Kier alpha value is -1.17. The lowest BCUT2D eigenvalue weighted by molar-refractivity contribution is -0.373. The molecule has 0 aromatic rings. The van der Waals surface area contributed by atoms with Gasteiger partial charge in [0, 0.05) is 0 Å². The minimum absolute atomic E-state index is 0.400. The number of ether oxygens (including phenoxy) is 5. The van der Waals surface area contributed by atoms with Gasteiger partial charge in [-0.15, -0.1) is 0 Å². The molecule has 3 saturated heterocycles. The van der Waals surface area contributed by atoms with E-state index in [0.29, 0.717) is 6.42 Å². The molecule has 0 aromatic heterocycles. The molecule has 3 heterocycles. The highest BCUT2D eigenvalue weighted by Gasteiger charge is 2.53. The van der Waals surface area contributed by atoms with Crippen LogP contribution in [0.3, 0.4) is 0 Å². The highest BCUT2D eigenvalue weighted by molar-refractivity contribution is 5.81. The van der Waals surface area contributed by atoms with E-state index < -0.39 is 124 Å². The average molecular weight is 785 g/mol. The summed E-state index contributed by atoms with van der Waals surface area (Å²) in [4.78, 5) is 12.9. The molecule has 16 atom stereocenters. The fourth-order valence-corrected chi connectivity index (χ4v) is 7.13. The van der Waals surface area contributed by atoms with Crippen LogP contribution in [-0.4, -0.2) is 175 Å². The first-order valence-corrected chi connectivity index (χ1v) is 19.8. The Morgan fingerprint density at radius 1 is 0.556 bits per heavy atom. The van der Waals surface area contributed by atoms with Crippen molar-refractivity contribution in [1.82, 2.24) is 5.32 Å². The molecule has 0 saturated carbocycles. The van der Waals surface area contributed by atoms with Crippen molar-refractivity contribution in [2.45, 2.75) is 201 Å². The van der Waals surface area contributed by atoms with Crippen molar-refractivity contribution in [1.29, 1.82) is 0 Å². The molecule has 0 spiro atoms. The van der Waals surface area contributed by atoms with Crippen molar-refractivity contribution in [2.75, 3.05) is 19.8 Å². The number of amides is 1. The van der Waals surface area contributed by atoms with Crippen LogP contribution in [0, 0.1) is 0 Å². The molecule has 0 aromatic carbocycles. The summed E-state index contributed by atoms with van der Waals surface area (Å²) in [5.41, 5.74) is 6.10. The summed E-state index contributed by atoms with van der Waals surface area (Å²) in [5, 5.41) is 106. The van der Waals surface area contributed by atoms with Crippen molar-refractivity contribution in [3.8, 4) is 0 Å². The highest BCUT2D eigenvalue weighted by Crippen LogP contribution is 2.32. The summed E-state index contributed by atoms with van der Waals surface area (Å²) < 4.78 is 27.7. The molecule has 0 unspecified atom stereocenters. The number of aliphatic hydroxyl groups excluding tert-OH is 10. The van der Waals surface area contributed by atoms with Crippen LogP contribution in [0.2, 0.25) is 0 Å². The molecular formula is C36H68N2O16. The summed E-state index contributed by atoms with van der Waals surface area (Å²) in [6.45, 7) is -0.138. The van der Waals surface area contributed by atoms with Crippen LogP contribution in [0.25, 0.3) is 0 Å². The van der Waals surface area contributed by atoms with E-state index in [-0.39, 0.29) is 0 Å². The van der Waals surface area contributed by atoms with Crippen LogP contribution in [0.15, 0.2) is 0 Å². The van der Waals surface area contributed by atoms with E-state index in [0.717, 1.165) is 25.7 Å². The molecule has 0 aliphatic carbocycles. The molecule has 0 bridgehead atoms. The van der Waals surface area contributed by atoms with Gasteiger partial charge in [0.05, 0.1) is 25.9 Å². The molecule has 3 aliphatic heterocycles. The van der Waals surface area contributed by atoms with Crippen LogP contribution >= 0.6 is 0 Å². The van der Waals surface area contributed by atoms with Gasteiger partial charge in [-0.25, -0.2) is 0 Å². The van der Waals surface area contributed by atoms with Gasteiger partial charge in [0.15, 0.2) is 18.8 Å². The van der Waals surface area contributed by atoms with Gasteiger partial charge in [-0.1, -0.05) is 96.8 Å². The van der Waals surface area contributed by atoms with Gasteiger partial charge in [0.2, 0.25) is 5.91 Å². The number of hydrogen-bond donors (Lipinski definition) is 12. The van der Waals surface area contributed by atoms with E-state index in [4.69, 9.17) is 29.4 Å². The molecule has 18 nitrogen and oxygen atoms in total. The van der Waals surface area contributed by atoms with E-state index in [1.807, 2.05) is 0 Å². The second kappa shape index (κ2) is 24.6. The molecule has 18 heteroatoms. The lowest BCUT2D eigenvalue weighted by Gasteiger charge is -2.48. The fourth-order valence-electron chi connectivity index (χ4n) is 7.13. The van der Waals surface area contributed by atoms with E-state index >= 15 is 0 Å². The van der Waals surface area contributed by atoms with Crippen molar-refractivity contribution in [3.05, 3.63) is 0 Å². The SMILES string of the molecule is CCCCCCCCCCCCCCCC[C@@H](N)C(=O)N[C@@H]1O[C@H](CO)[C@@H](O[C@H]2O[C@H](CO)[C@@H](O[C@H]3O[C@H](CO)[C@@H](O)[C@H](O)[C@H]3O)[C@H](O)[C@H]2O)[C@H](O)[C@H]1O. The lowest BCUT2D eigenvalue weighted by atomic mass is 9.95. The molecule has 0 radical (unpaired) electrons. The summed E-state index contributed by atoms with van der Waals surface area (Å²) >= 11 is 0. The van der Waals surface area contributed by atoms with Gasteiger partial charge >= 0.3 is 0 Å². The first-order valence-electron chi connectivity index (χ1n) is 19.8. The van der Waals surface area contributed by atoms with Crippen LogP contribution in [0.4, 0.5) is 0 Å². The Bertz CT molecular complexity index is 1030. The van der Waals surface area contributed by atoms with Gasteiger partial charge in [-0.05, 0) is 6.42 Å². The van der Waals surface area contributed by atoms with E-state index in [2.05, 4.69) is 12.2 Å². The van der Waals surface area contributed by atoms with Gasteiger partial charge in [-0.3, -0.25) is 4.79 Å². The van der Waals surface area contributed by atoms with Gasteiger partial charge in [-0.2, -0.15) is 0 Å². The average Bonchev–Trinajstić information content (AvgIpc) is 3.17. The monoisotopic (exact) mass is 784 g/mol. The molecule has 318 valence electrons. The Morgan fingerprint density at radius 3 is 1.44 bits per heavy atom. The maximum Gasteiger partial charge on any atom is 0.238 e. The van der Waals surface area contributed by atoms with Crippen LogP contribution in [-0.2, 0) is 28.5 Å². The lowest BCUT2D eigenvalue weighted by Crippen LogP contribution is -2.68. The van der Waals surface area contributed by atoms with Crippen LogP contribution in [0.1, 0.15) is 103 Å². The normalized spacial score (nSPS) is 38.0. The fraction of sp³-hybridized carbons (Fsp3) is 0.972. The third-order valence-corrected chi connectivity index (χ3v) is 10.6. The van der Waals surface area contributed by atoms with E-state index in [9.17, 15) is 55.9 Å². The predicted octanol–water partition coefficient (Wildman–Crippen LogP) is -2.25. The number of nitrogens with two attached hydrogens (primary N) is 1. The zero-order valence-corrected chi connectivity index (χ0v) is 31.5. The summed E-state index contributed by atoms with van der Waals surface area (Å²) in [5.74, 6) is -0.623. The first kappa shape index (κ1) is 47.2. The summed E-state index contributed by atoms with van der Waals surface area (Å²) in [7, 11) is 0. The van der Waals surface area contributed by atoms with Crippen LogP contribution in [0.5, 0.6) is 0 Å². The minimum Gasteiger partial charge on any atom is -0.394 e. The molecular weight excluding hydrogens is 716 g/mol. The first-order chi connectivity index (χ1) is 25.9. The number of carbonyl (C=O) groups is 1. The largest absolute Gasteiger partial charge is 0.394 e. The maximum atomic E-state index is 12.9. The summed E-state index contributed by atoms with van der Waals surface area (Å²) in [6, 6.07) is -0.905. The number of rotatable bonds is 24. The predicted molar refractivity (Wildman–Crippen MR) is 190 cm³/mol. The van der Waals surface area contributed by atoms with Crippen LogP contribution < -0.4 is 11.1 Å². The van der Waals surface area contributed by atoms with E-state index in [1.165, 1.54) is 64.2 Å². The standard InChI is InChI=1S/C36H68N2O16/c1-2-3-4-5-6-7-8-9-10-11-12-13-14-15-16-20(37)33(49)38-34-28(46)26(44)31(22(18-40)50-34)53-36-30(48)27(45)32(23(19-41)52-36)54-35-29(47)25(43)24(42)21(17-39)51-35/h20-32,34-36,39-48H,2-19,37H2,1H3,(H,38,49)/t20-,21-,22-,23-,24-,25+,26-,27-,28-,29-,30-,31-,32-,34-,35-,36-/m1/s1.